The minimum atomic E-state index is 0.624. The van der Waals surface area contributed by atoms with Crippen LogP contribution in [0.15, 0.2) is 24.3 Å². The zero-order valence-electron chi connectivity index (χ0n) is 12.4. The van der Waals surface area contributed by atoms with Gasteiger partial charge in [-0.05, 0) is 32.4 Å². The number of pyridine rings is 1. The largest absolute Gasteiger partial charge is 0.478 e. The highest BCUT2D eigenvalue weighted by atomic mass is 16.5. The maximum atomic E-state index is 5.70. The Kier molecular flexibility index (Phi) is 5.04. The molecule has 2 heterocycles. The summed E-state index contributed by atoms with van der Waals surface area (Å²) in [4.78, 5) is 13.3. The van der Waals surface area contributed by atoms with E-state index in [4.69, 9.17) is 4.74 Å². The van der Waals surface area contributed by atoms with Crippen LogP contribution >= 0.6 is 0 Å². The summed E-state index contributed by atoms with van der Waals surface area (Å²) in [6.07, 6.45) is 3.42. The standard InChI is InChI=1S/C16H21N3O/c1-4-5-6-10-20-15-11-13(3)18-16(19-15)14-9-7-8-12(2)17-14/h7-9,11H,4-6,10H2,1-3H3. The molecule has 0 aromatic carbocycles. The van der Waals surface area contributed by atoms with Crippen molar-refractivity contribution in [2.45, 2.75) is 40.0 Å². The van der Waals surface area contributed by atoms with Crippen LogP contribution in [-0.2, 0) is 0 Å². The van der Waals surface area contributed by atoms with Gasteiger partial charge in [-0.1, -0.05) is 25.8 Å². The summed E-state index contributed by atoms with van der Waals surface area (Å²) in [5, 5.41) is 0. The number of hydrogen-bond donors (Lipinski definition) is 0. The van der Waals surface area contributed by atoms with Crippen LogP contribution in [0.2, 0.25) is 0 Å². The molecule has 0 bridgehead atoms. The SMILES string of the molecule is CCCCCOc1cc(C)nc(-c2cccc(C)n2)n1. The van der Waals surface area contributed by atoms with E-state index in [1.165, 1.54) is 12.8 Å². The molecule has 106 valence electrons. The van der Waals surface area contributed by atoms with Gasteiger partial charge in [-0.2, -0.15) is 4.98 Å². The van der Waals surface area contributed by atoms with Gasteiger partial charge in [-0.3, -0.25) is 0 Å². The first-order chi connectivity index (χ1) is 9.69. The molecule has 0 atom stereocenters. The lowest BCUT2D eigenvalue weighted by atomic mass is 10.3. The molecule has 0 N–H and O–H groups in total. The van der Waals surface area contributed by atoms with Gasteiger partial charge in [-0.15, -0.1) is 0 Å². The van der Waals surface area contributed by atoms with E-state index in [2.05, 4.69) is 21.9 Å². The third-order valence-corrected chi connectivity index (χ3v) is 2.95. The van der Waals surface area contributed by atoms with Crippen LogP contribution < -0.4 is 4.74 Å². The second-order valence-corrected chi connectivity index (χ2v) is 4.89. The maximum absolute atomic E-state index is 5.70. The van der Waals surface area contributed by atoms with Gasteiger partial charge in [0.05, 0.1) is 6.61 Å². The van der Waals surface area contributed by atoms with Gasteiger partial charge in [0.1, 0.15) is 5.69 Å². The van der Waals surface area contributed by atoms with E-state index in [0.717, 1.165) is 23.5 Å². The normalized spacial score (nSPS) is 10.6. The average molecular weight is 271 g/mol. The van der Waals surface area contributed by atoms with E-state index in [9.17, 15) is 0 Å². The number of nitrogens with zero attached hydrogens (tertiary/aromatic N) is 3. The monoisotopic (exact) mass is 271 g/mol. The van der Waals surface area contributed by atoms with E-state index >= 15 is 0 Å². The fraction of sp³-hybridized carbons (Fsp3) is 0.438. The summed E-state index contributed by atoms with van der Waals surface area (Å²) in [6.45, 7) is 6.78. The summed E-state index contributed by atoms with van der Waals surface area (Å²) in [5.74, 6) is 1.26. The van der Waals surface area contributed by atoms with Crippen LogP contribution in [0.25, 0.3) is 11.5 Å². The second-order valence-electron chi connectivity index (χ2n) is 4.89. The number of aryl methyl sites for hydroxylation is 2. The van der Waals surface area contributed by atoms with Crippen molar-refractivity contribution in [2.75, 3.05) is 6.61 Å². The minimum Gasteiger partial charge on any atom is -0.478 e. The molecule has 0 fully saturated rings. The molecule has 0 aliphatic rings. The molecule has 0 radical (unpaired) electrons. The summed E-state index contributed by atoms with van der Waals surface area (Å²) >= 11 is 0. The smallest absolute Gasteiger partial charge is 0.217 e. The van der Waals surface area contributed by atoms with Crippen molar-refractivity contribution in [2.24, 2.45) is 0 Å². The van der Waals surface area contributed by atoms with Crippen LogP contribution in [0, 0.1) is 13.8 Å². The average Bonchev–Trinajstić information content (AvgIpc) is 2.43. The number of aromatic nitrogens is 3. The second kappa shape index (κ2) is 6.98. The van der Waals surface area contributed by atoms with Crippen LogP contribution in [0.4, 0.5) is 0 Å². The summed E-state index contributed by atoms with van der Waals surface area (Å²) in [6, 6.07) is 7.71. The number of ether oxygens (including phenoxy) is 1. The molecular weight excluding hydrogens is 250 g/mol. The van der Waals surface area contributed by atoms with Crippen LogP contribution in [-0.4, -0.2) is 21.6 Å². The Morgan fingerprint density at radius 2 is 1.85 bits per heavy atom. The predicted molar refractivity (Wildman–Crippen MR) is 79.8 cm³/mol. The van der Waals surface area contributed by atoms with Gasteiger partial charge in [0.2, 0.25) is 5.88 Å². The van der Waals surface area contributed by atoms with E-state index in [1.54, 1.807) is 0 Å². The van der Waals surface area contributed by atoms with Gasteiger partial charge in [0, 0.05) is 17.5 Å². The first-order valence-corrected chi connectivity index (χ1v) is 7.11. The quantitative estimate of drug-likeness (QED) is 0.751. The minimum absolute atomic E-state index is 0.624. The predicted octanol–water partition coefficient (Wildman–Crippen LogP) is 3.72. The molecule has 0 spiro atoms. The fourth-order valence-electron chi connectivity index (χ4n) is 1.92. The highest BCUT2D eigenvalue weighted by Crippen LogP contribution is 2.17. The number of rotatable bonds is 6. The van der Waals surface area contributed by atoms with Crippen molar-refractivity contribution >= 4 is 0 Å². The summed E-state index contributed by atoms with van der Waals surface area (Å²) < 4.78 is 5.70. The molecule has 2 rings (SSSR count). The molecule has 0 aliphatic carbocycles. The molecule has 0 saturated carbocycles. The zero-order valence-corrected chi connectivity index (χ0v) is 12.4. The Bertz CT molecular complexity index is 569. The first kappa shape index (κ1) is 14.4. The number of hydrogen-bond acceptors (Lipinski definition) is 4. The Morgan fingerprint density at radius 1 is 1.00 bits per heavy atom. The van der Waals surface area contributed by atoms with Crippen molar-refractivity contribution in [3.63, 3.8) is 0 Å². The highest BCUT2D eigenvalue weighted by Gasteiger charge is 2.07. The Hall–Kier alpha value is -1.97. The molecule has 0 amide bonds. The Morgan fingerprint density at radius 3 is 2.60 bits per heavy atom. The van der Waals surface area contributed by atoms with Gasteiger partial charge >= 0.3 is 0 Å². The van der Waals surface area contributed by atoms with Crippen LogP contribution in [0.5, 0.6) is 5.88 Å². The molecule has 0 unspecified atom stereocenters. The lowest BCUT2D eigenvalue weighted by molar-refractivity contribution is 0.294. The van der Waals surface area contributed by atoms with Crippen molar-refractivity contribution in [3.05, 3.63) is 35.7 Å². The molecule has 2 aromatic rings. The third kappa shape index (κ3) is 4.02. The fourth-order valence-corrected chi connectivity index (χ4v) is 1.92. The lowest BCUT2D eigenvalue weighted by Crippen LogP contribution is -2.02. The zero-order chi connectivity index (χ0) is 14.4. The third-order valence-electron chi connectivity index (χ3n) is 2.95. The van der Waals surface area contributed by atoms with Crippen molar-refractivity contribution < 1.29 is 4.74 Å². The molecule has 4 heteroatoms. The molecule has 4 nitrogen and oxygen atoms in total. The molecular formula is C16H21N3O. The topological polar surface area (TPSA) is 47.9 Å². The Labute approximate surface area is 120 Å². The van der Waals surface area contributed by atoms with Crippen molar-refractivity contribution in [1.82, 2.24) is 15.0 Å². The summed E-state index contributed by atoms with van der Waals surface area (Å²) in [5.41, 5.74) is 2.63. The molecule has 0 saturated heterocycles. The first-order valence-electron chi connectivity index (χ1n) is 7.11. The van der Waals surface area contributed by atoms with E-state index in [-0.39, 0.29) is 0 Å². The van der Waals surface area contributed by atoms with E-state index in [1.807, 2.05) is 38.1 Å². The van der Waals surface area contributed by atoms with Gasteiger partial charge in [0.25, 0.3) is 0 Å². The van der Waals surface area contributed by atoms with Crippen LogP contribution in [0.1, 0.15) is 37.6 Å². The molecule has 0 aliphatic heterocycles. The molecule has 20 heavy (non-hydrogen) atoms. The Balaban J connectivity index is 2.16. The van der Waals surface area contributed by atoms with Crippen LogP contribution in [0.3, 0.4) is 0 Å². The lowest BCUT2D eigenvalue weighted by Gasteiger charge is -2.08. The van der Waals surface area contributed by atoms with Gasteiger partial charge < -0.3 is 4.74 Å². The van der Waals surface area contributed by atoms with Crippen molar-refractivity contribution in [1.29, 1.82) is 0 Å². The maximum Gasteiger partial charge on any atom is 0.217 e. The van der Waals surface area contributed by atoms with E-state index in [0.29, 0.717) is 18.3 Å². The number of unbranched alkanes of at least 4 members (excludes halogenated alkanes) is 2. The molecule has 2 aromatic heterocycles. The van der Waals surface area contributed by atoms with Gasteiger partial charge in [-0.25, -0.2) is 9.97 Å². The van der Waals surface area contributed by atoms with E-state index < -0.39 is 0 Å². The van der Waals surface area contributed by atoms with Gasteiger partial charge in [0.15, 0.2) is 5.82 Å². The van der Waals surface area contributed by atoms with Crippen molar-refractivity contribution in [3.8, 4) is 17.4 Å². The highest BCUT2D eigenvalue weighted by molar-refractivity contribution is 5.50. The summed E-state index contributed by atoms with van der Waals surface area (Å²) in [7, 11) is 0.